The molecule has 1 fully saturated rings. The fourth-order valence-electron chi connectivity index (χ4n) is 2.24. The second-order valence-electron chi connectivity index (χ2n) is 4.42. The molecule has 0 bridgehead atoms. The minimum atomic E-state index is -0.0762. The van der Waals surface area contributed by atoms with Crippen molar-refractivity contribution in [3.05, 3.63) is 48.8 Å². The zero-order valence-corrected chi connectivity index (χ0v) is 10.5. The van der Waals surface area contributed by atoms with Crippen molar-refractivity contribution < 1.29 is 4.79 Å². The molecule has 1 saturated heterocycles. The van der Waals surface area contributed by atoms with Gasteiger partial charge in [-0.05, 0) is 30.3 Å². The quantitative estimate of drug-likeness (QED) is 0.763. The Labute approximate surface area is 111 Å². The predicted octanol–water partition coefficient (Wildman–Crippen LogP) is 2.82. The van der Waals surface area contributed by atoms with Crippen molar-refractivity contribution in [3.63, 3.8) is 0 Å². The highest BCUT2D eigenvalue weighted by Crippen LogP contribution is 2.25. The first-order chi connectivity index (χ1) is 8.74. The molecule has 18 heavy (non-hydrogen) atoms. The first kappa shape index (κ1) is 11.4. The van der Waals surface area contributed by atoms with Gasteiger partial charge in [0.05, 0.1) is 5.38 Å². The summed E-state index contributed by atoms with van der Waals surface area (Å²) in [7, 11) is 0. The van der Waals surface area contributed by atoms with Crippen LogP contribution in [-0.4, -0.2) is 22.4 Å². The molecule has 0 aliphatic carbocycles. The van der Waals surface area contributed by atoms with E-state index >= 15 is 0 Å². The van der Waals surface area contributed by atoms with Crippen LogP contribution in [0.25, 0.3) is 5.69 Å². The van der Waals surface area contributed by atoms with Crippen LogP contribution < -0.4 is 4.90 Å². The molecule has 0 spiro atoms. The van der Waals surface area contributed by atoms with Crippen LogP contribution in [-0.2, 0) is 4.79 Å². The number of hydrogen-bond donors (Lipinski definition) is 0. The van der Waals surface area contributed by atoms with Gasteiger partial charge in [-0.2, -0.15) is 0 Å². The maximum atomic E-state index is 11.8. The van der Waals surface area contributed by atoms with Crippen LogP contribution in [0.4, 0.5) is 5.69 Å². The highest BCUT2D eigenvalue weighted by molar-refractivity contribution is 6.24. The molecule has 1 atom stereocenters. The molecule has 0 N–H and O–H groups in total. The number of rotatable bonds is 2. The number of carbonyl (C=O) groups is 1. The molecule has 0 radical (unpaired) electrons. The molecule has 1 aliphatic heterocycles. The molecule has 2 heterocycles. The maximum absolute atomic E-state index is 11.8. The van der Waals surface area contributed by atoms with Crippen LogP contribution in [0.15, 0.2) is 48.8 Å². The van der Waals surface area contributed by atoms with Crippen molar-refractivity contribution in [1.82, 2.24) is 4.57 Å². The van der Waals surface area contributed by atoms with E-state index in [9.17, 15) is 4.79 Å². The number of halogens is 1. The van der Waals surface area contributed by atoms with Crippen LogP contribution in [0.3, 0.4) is 0 Å². The molecule has 1 unspecified atom stereocenters. The molecule has 1 aromatic carbocycles. The number of benzene rings is 1. The zero-order valence-electron chi connectivity index (χ0n) is 9.79. The summed E-state index contributed by atoms with van der Waals surface area (Å²) in [6.07, 6.45) is 4.39. The smallest absolute Gasteiger partial charge is 0.228 e. The Kier molecular flexibility index (Phi) is 2.84. The van der Waals surface area contributed by atoms with Crippen molar-refractivity contribution >= 4 is 23.2 Å². The molecular weight excluding hydrogens is 248 g/mol. The molecule has 2 aromatic rings. The van der Waals surface area contributed by atoms with Crippen LogP contribution in [0.2, 0.25) is 0 Å². The summed E-state index contributed by atoms with van der Waals surface area (Å²) < 4.78 is 2.02. The Balaban J connectivity index is 1.94. The second kappa shape index (κ2) is 4.50. The minimum absolute atomic E-state index is 0.0762. The van der Waals surface area contributed by atoms with Crippen LogP contribution in [0.1, 0.15) is 6.42 Å². The van der Waals surface area contributed by atoms with E-state index in [1.54, 1.807) is 4.90 Å². The third-order valence-electron chi connectivity index (χ3n) is 3.12. The molecule has 3 rings (SSSR count). The molecular formula is C14H13ClN2O. The van der Waals surface area contributed by atoms with E-state index in [1.165, 1.54) is 0 Å². The second-order valence-corrected chi connectivity index (χ2v) is 5.03. The average molecular weight is 261 g/mol. The summed E-state index contributed by atoms with van der Waals surface area (Å²) >= 11 is 6.02. The first-order valence-electron chi connectivity index (χ1n) is 5.92. The first-order valence-corrected chi connectivity index (χ1v) is 6.35. The lowest BCUT2D eigenvalue weighted by Crippen LogP contribution is -2.24. The van der Waals surface area contributed by atoms with Crippen molar-refractivity contribution in [3.8, 4) is 5.69 Å². The lowest BCUT2D eigenvalue weighted by atomic mass is 10.2. The fraction of sp³-hybridized carbons (Fsp3) is 0.214. The normalized spacial score (nSPS) is 19.5. The summed E-state index contributed by atoms with van der Waals surface area (Å²) in [5.41, 5.74) is 1.96. The number of carbonyl (C=O) groups excluding carboxylic acids is 1. The summed E-state index contributed by atoms with van der Waals surface area (Å²) in [4.78, 5) is 13.6. The highest BCUT2D eigenvalue weighted by atomic mass is 35.5. The number of aromatic nitrogens is 1. The number of alkyl halides is 1. The molecule has 92 valence electrons. The van der Waals surface area contributed by atoms with Crippen LogP contribution in [0, 0.1) is 0 Å². The van der Waals surface area contributed by atoms with Gasteiger partial charge < -0.3 is 9.47 Å². The lowest BCUT2D eigenvalue weighted by molar-refractivity contribution is -0.117. The van der Waals surface area contributed by atoms with Crippen LogP contribution >= 0.6 is 11.6 Å². The van der Waals surface area contributed by atoms with Crippen molar-refractivity contribution in [2.24, 2.45) is 0 Å². The summed E-state index contributed by atoms with van der Waals surface area (Å²) in [6, 6.07) is 11.9. The number of amides is 1. The SMILES string of the molecule is O=C1CC(Cl)CN1c1cccc(-n2cccc2)c1. The minimum Gasteiger partial charge on any atom is -0.324 e. The Bertz CT molecular complexity index is 565. The zero-order chi connectivity index (χ0) is 12.5. The van der Waals surface area contributed by atoms with E-state index in [0.29, 0.717) is 13.0 Å². The monoisotopic (exact) mass is 260 g/mol. The van der Waals surface area contributed by atoms with E-state index in [0.717, 1.165) is 11.4 Å². The maximum Gasteiger partial charge on any atom is 0.228 e. The van der Waals surface area contributed by atoms with Gasteiger partial charge in [-0.15, -0.1) is 11.6 Å². The largest absolute Gasteiger partial charge is 0.324 e. The van der Waals surface area contributed by atoms with Gasteiger partial charge >= 0.3 is 0 Å². The third-order valence-corrected chi connectivity index (χ3v) is 3.41. The fourth-order valence-corrected chi connectivity index (χ4v) is 2.51. The number of hydrogen-bond acceptors (Lipinski definition) is 1. The topological polar surface area (TPSA) is 25.2 Å². The van der Waals surface area contributed by atoms with Gasteiger partial charge in [-0.25, -0.2) is 0 Å². The average Bonchev–Trinajstić information content (AvgIpc) is 2.99. The van der Waals surface area contributed by atoms with Crippen molar-refractivity contribution in [2.75, 3.05) is 11.4 Å². The van der Waals surface area contributed by atoms with Crippen molar-refractivity contribution in [1.29, 1.82) is 0 Å². The van der Waals surface area contributed by atoms with Crippen LogP contribution in [0.5, 0.6) is 0 Å². The molecule has 1 aliphatic rings. The Morgan fingerprint density at radius 1 is 1.11 bits per heavy atom. The summed E-state index contributed by atoms with van der Waals surface area (Å²) in [5, 5.41) is -0.0762. The molecule has 0 saturated carbocycles. The molecule has 3 nitrogen and oxygen atoms in total. The van der Waals surface area contributed by atoms with E-state index < -0.39 is 0 Å². The van der Waals surface area contributed by atoms with Gasteiger partial charge in [0, 0.05) is 36.7 Å². The van der Waals surface area contributed by atoms with Gasteiger partial charge in [0.25, 0.3) is 0 Å². The predicted molar refractivity (Wildman–Crippen MR) is 72.4 cm³/mol. The van der Waals surface area contributed by atoms with E-state index in [1.807, 2.05) is 53.4 Å². The summed E-state index contributed by atoms with van der Waals surface area (Å²) in [5.74, 6) is 0.0969. The highest BCUT2D eigenvalue weighted by Gasteiger charge is 2.29. The number of nitrogens with zero attached hydrogens (tertiary/aromatic N) is 2. The lowest BCUT2D eigenvalue weighted by Gasteiger charge is -2.17. The summed E-state index contributed by atoms with van der Waals surface area (Å²) in [6.45, 7) is 0.593. The van der Waals surface area contributed by atoms with E-state index in [4.69, 9.17) is 11.6 Å². The Morgan fingerprint density at radius 3 is 2.50 bits per heavy atom. The molecule has 1 amide bonds. The van der Waals surface area contributed by atoms with Gasteiger partial charge in [-0.1, -0.05) is 6.07 Å². The molecule has 4 heteroatoms. The van der Waals surface area contributed by atoms with Gasteiger partial charge in [0.1, 0.15) is 0 Å². The van der Waals surface area contributed by atoms with Crippen molar-refractivity contribution in [2.45, 2.75) is 11.8 Å². The Hall–Kier alpha value is -1.74. The van der Waals surface area contributed by atoms with Gasteiger partial charge in [-0.3, -0.25) is 4.79 Å². The third kappa shape index (κ3) is 2.02. The van der Waals surface area contributed by atoms with Gasteiger partial charge in [0.15, 0.2) is 0 Å². The standard InChI is InChI=1S/C14H13ClN2O/c15-11-8-14(18)17(10-11)13-5-3-4-12(9-13)16-6-1-2-7-16/h1-7,9,11H,8,10H2. The Morgan fingerprint density at radius 2 is 1.83 bits per heavy atom. The number of anilines is 1. The van der Waals surface area contributed by atoms with E-state index in [2.05, 4.69) is 0 Å². The van der Waals surface area contributed by atoms with Gasteiger partial charge in [0.2, 0.25) is 5.91 Å². The van der Waals surface area contributed by atoms with E-state index in [-0.39, 0.29) is 11.3 Å². The molecule has 1 aromatic heterocycles.